The van der Waals surface area contributed by atoms with Crippen molar-refractivity contribution in [3.8, 4) is 11.1 Å². The Morgan fingerprint density at radius 2 is 1.47 bits per heavy atom. The van der Waals surface area contributed by atoms with E-state index in [1.54, 1.807) is 46.3 Å². The summed E-state index contributed by atoms with van der Waals surface area (Å²) in [6, 6.07) is 0.541. The Hall–Kier alpha value is -3.84. The fourth-order valence-electron chi connectivity index (χ4n) is 6.41. The van der Waals surface area contributed by atoms with Crippen molar-refractivity contribution in [1.82, 2.24) is 24.6 Å². The van der Waals surface area contributed by atoms with Crippen LogP contribution in [0.25, 0.3) is 11.1 Å². The van der Waals surface area contributed by atoms with Crippen molar-refractivity contribution in [2.24, 2.45) is 7.05 Å². The molecule has 3 heterocycles. The van der Waals surface area contributed by atoms with Gasteiger partial charge in [0.05, 0.1) is 17.3 Å². The first kappa shape index (κ1) is 32.6. The molecule has 244 valence electrons. The average Bonchev–Trinajstić information content (AvgIpc) is 3.41. The summed E-state index contributed by atoms with van der Waals surface area (Å²) in [5.74, 6) is 0.149. The first-order chi connectivity index (χ1) is 21.2. The zero-order valence-electron chi connectivity index (χ0n) is 25.3. The number of aryl methyl sites for hydroxylation is 1. The van der Waals surface area contributed by atoms with Crippen LogP contribution in [-0.4, -0.2) is 55.0 Å². The van der Waals surface area contributed by atoms with Gasteiger partial charge in [0.1, 0.15) is 6.10 Å². The van der Waals surface area contributed by atoms with Crippen molar-refractivity contribution >= 4 is 12.0 Å². The van der Waals surface area contributed by atoms with Gasteiger partial charge in [0, 0.05) is 61.4 Å². The average molecular weight is 639 g/mol. The summed E-state index contributed by atoms with van der Waals surface area (Å²) in [4.78, 5) is 25.5. The number of ether oxygens (including phenoxy) is 1. The molecule has 45 heavy (non-hydrogen) atoms. The standard InChI is InChI=1S/C31H36F6N6O2/c1-19-9-26(10-20(2)43(19)29(44)45-27-7-5-4-6-8-27)42(28-38-14-22(15-39-28)23-16-40-41(3)18-23)17-21-11-24(30(32,33)34)13-25(12-21)31(35,36)37/h11-16,18-20,26-27H,4-10,17H2,1-3H3/t19-,20+,26+. The number of carbonyl (C=O) groups is 1. The number of hydrogen-bond acceptors (Lipinski definition) is 6. The third-order valence-electron chi connectivity index (χ3n) is 8.58. The van der Waals surface area contributed by atoms with E-state index in [2.05, 4.69) is 15.1 Å². The molecule has 1 saturated heterocycles. The van der Waals surface area contributed by atoms with Crippen LogP contribution in [0.1, 0.15) is 75.5 Å². The van der Waals surface area contributed by atoms with Gasteiger partial charge in [-0.1, -0.05) is 6.42 Å². The Morgan fingerprint density at radius 1 is 0.889 bits per heavy atom. The Morgan fingerprint density at radius 3 is 1.98 bits per heavy atom. The van der Waals surface area contributed by atoms with E-state index in [1.165, 1.54) is 0 Å². The van der Waals surface area contributed by atoms with E-state index in [1.807, 2.05) is 13.8 Å². The van der Waals surface area contributed by atoms with Gasteiger partial charge in [0.2, 0.25) is 5.95 Å². The molecular formula is C31H36F6N6O2. The van der Waals surface area contributed by atoms with Crippen molar-refractivity contribution in [3.05, 3.63) is 59.7 Å². The van der Waals surface area contributed by atoms with Crippen LogP contribution >= 0.6 is 0 Å². The van der Waals surface area contributed by atoms with Gasteiger partial charge in [-0.3, -0.25) is 4.68 Å². The summed E-state index contributed by atoms with van der Waals surface area (Å²) >= 11 is 0. The van der Waals surface area contributed by atoms with Crippen molar-refractivity contribution in [3.63, 3.8) is 0 Å². The lowest BCUT2D eigenvalue weighted by Crippen LogP contribution is -2.55. The number of carbonyl (C=O) groups excluding carboxylic acids is 1. The van der Waals surface area contributed by atoms with Gasteiger partial charge in [0.25, 0.3) is 0 Å². The van der Waals surface area contributed by atoms with Gasteiger partial charge in [-0.05, 0) is 76.1 Å². The SMILES string of the molecule is C[C@@H]1C[C@H](N(Cc2cc(C(F)(F)F)cc(C(F)(F)F)c2)c2ncc(-c3cnn(C)c3)cn2)C[C@H](C)N1C(=O)OC1CCCCC1. The normalized spacial score (nSPS) is 21.5. The highest BCUT2D eigenvalue weighted by Gasteiger charge is 2.40. The number of benzene rings is 1. The lowest BCUT2D eigenvalue weighted by molar-refractivity contribution is -0.143. The molecular weight excluding hydrogens is 602 g/mol. The summed E-state index contributed by atoms with van der Waals surface area (Å²) in [7, 11) is 1.75. The Bertz CT molecular complexity index is 1420. The van der Waals surface area contributed by atoms with Gasteiger partial charge in [-0.25, -0.2) is 14.8 Å². The monoisotopic (exact) mass is 638 g/mol. The number of likely N-dealkylation sites (tertiary alicyclic amines) is 1. The van der Waals surface area contributed by atoms with Crippen molar-refractivity contribution < 1.29 is 35.9 Å². The minimum Gasteiger partial charge on any atom is -0.446 e. The lowest BCUT2D eigenvalue weighted by Gasteiger charge is -2.46. The van der Waals surface area contributed by atoms with Gasteiger partial charge in [-0.15, -0.1) is 0 Å². The van der Waals surface area contributed by atoms with Crippen LogP contribution in [0.5, 0.6) is 0 Å². The van der Waals surface area contributed by atoms with Crippen LogP contribution < -0.4 is 4.90 Å². The molecule has 1 aromatic carbocycles. The fourth-order valence-corrected chi connectivity index (χ4v) is 6.41. The largest absolute Gasteiger partial charge is 0.446 e. The highest BCUT2D eigenvalue weighted by atomic mass is 19.4. The molecule has 0 N–H and O–H groups in total. The predicted molar refractivity (Wildman–Crippen MR) is 154 cm³/mol. The van der Waals surface area contributed by atoms with E-state index in [9.17, 15) is 31.1 Å². The molecule has 1 aliphatic carbocycles. The lowest BCUT2D eigenvalue weighted by atomic mass is 9.91. The zero-order valence-corrected chi connectivity index (χ0v) is 25.3. The summed E-state index contributed by atoms with van der Waals surface area (Å²) < 4.78 is 89.5. The third-order valence-corrected chi connectivity index (χ3v) is 8.58. The first-order valence-electron chi connectivity index (χ1n) is 15.0. The minimum absolute atomic E-state index is 0.119. The van der Waals surface area contributed by atoms with Gasteiger partial charge >= 0.3 is 18.4 Å². The van der Waals surface area contributed by atoms with Gasteiger partial charge < -0.3 is 14.5 Å². The molecule has 14 heteroatoms. The highest BCUT2D eigenvalue weighted by molar-refractivity contribution is 5.69. The molecule has 0 spiro atoms. The maximum Gasteiger partial charge on any atom is 0.416 e. The van der Waals surface area contributed by atoms with Crippen LogP contribution in [0.4, 0.5) is 37.1 Å². The van der Waals surface area contributed by atoms with E-state index in [4.69, 9.17) is 4.74 Å². The van der Waals surface area contributed by atoms with Crippen LogP contribution in [-0.2, 0) is 30.7 Å². The molecule has 2 fully saturated rings. The number of piperidine rings is 1. The van der Waals surface area contributed by atoms with E-state index < -0.39 is 35.6 Å². The summed E-state index contributed by atoms with van der Waals surface area (Å²) in [5, 5.41) is 4.14. The fraction of sp³-hybridized carbons (Fsp3) is 0.548. The highest BCUT2D eigenvalue weighted by Crippen LogP contribution is 2.38. The maximum absolute atomic E-state index is 13.7. The molecule has 3 atom stereocenters. The number of hydrogen-bond donors (Lipinski definition) is 0. The second-order valence-electron chi connectivity index (χ2n) is 12.1. The maximum atomic E-state index is 13.7. The topological polar surface area (TPSA) is 76.4 Å². The quantitative estimate of drug-likeness (QED) is 0.259. The van der Waals surface area contributed by atoms with Crippen molar-refractivity contribution in [2.45, 2.75) is 102 Å². The predicted octanol–water partition coefficient (Wildman–Crippen LogP) is 7.63. The second-order valence-corrected chi connectivity index (χ2v) is 12.1. The summed E-state index contributed by atoms with van der Waals surface area (Å²) in [6.45, 7) is 3.42. The van der Waals surface area contributed by atoms with E-state index in [-0.39, 0.29) is 42.3 Å². The Balaban J connectivity index is 1.45. The van der Waals surface area contributed by atoms with Crippen LogP contribution in [0, 0.1) is 0 Å². The first-order valence-corrected chi connectivity index (χ1v) is 15.0. The molecule has 3 aromatic rings. The van der Waals surface area contributed by atoms with Crippen molar-refractivity contribution in [1.29, 1.82) is 0 Å². The number of amides is 1. The van der Waals surface area contributed by atoms with Gasteiger partial charge in [-0.2, -0.15) is 31.4 Å². The number of halogens is 6. The molecule has 5 rings (SSSR count). The Kier molecular flexibility index (Phi) is 9.31. The third kappa shape index (κ3) is 7.70. The molecule has 2 aromatic heterocycles. The molecule has 1 amide bonds. The summed E-state index contributed by atoms with van der Waals surface area (Å²) in [6.07, 6.45) is 1.52. The van der Waals surface area contributed by atoms with Crippen LogP contribution in [0.3, 0.4) is 0 Å². The van der Waals surface area contributed by atoms with E-state index in [0.29, 0.717) is 18.4 Å². The molecule has 2 aliphatic rings. The number of anilines is 1. The number of rotatable bonds is 6. The Labute approximate surface area is 257 Å². The number of nitrogens with zero attached hydrogens (tertiary/aromatic N) is 6. The smallest absolute Gasteiger partial charge is 0.416 e. The van der Waals surface area contributed by atoms with E-state index in [0.717, 1.165) is 49.8 Å². The number of aromatic nitrogens is 4. The minimum atomic E-state index is -4.98. The van der Waals surface area contributed by atoms with Crippen molar-refractivity contribution in [2.75, 3.05) is 4.90 Å². The molecule has 1 aliphatic heterocycles. The van der Waals surface area contributed by atoms with Crippen LogP contribution in [0.2, 0.25) is 0 Å². The summed E-state index contributed by atoms with van der Waals surface area (Å²) in [5.41, 5.74) is -1.57. The van der Waals surface area contributed by atoms with Crippen LogP contribution in [0.15, 0.2) is 43.0 Å². The molecule has 0 bridgehead atoms. The number of alkyl halides is 6. The van der Waals surface area contributed by atoms with E-state index >= 15 is 0 Å². The molecule has 0 unspecified atom stereocenters. The van der Waals surface area contributed by atoms with Gasteiger partial charge in [0.15, 0.2) is 0 Å². The molecule has 8 nitrogen and oxygen atoms in total. The second kappa shape index (κ2) is 12.9. The zero-order chi connectivity index (χ0) is 32.5. The molecule has 0 radical (unpaired) electrons. The molecule has 1 saturated carbocycles.